The minimum absolute atomic E-state index is 0.109. The second-order valence-electron chi connectivity index (χ2n) is 6.18. The van der Waals surface area contributed by atoms with Gasteiger partial charge in [0, 0.05) is 11.1 Å². The zero-order chi connectivity index (χ0) is 19.4. The molecule has 1 aromatic heterocycles. The summed E-state index contributed by atoms with van der Waals surface area (Å²) in [4.78, 5) is 24.3. The van der Waals surface area contributed by atoms with E-state index in [4.69, 9.17) is 9.26 Å². The summed E-state index contributed by atoms with van der Waals surface area (Å²) in [6.45, 7) is 5.45. The fourth-order valence-corrected chi connectivity index (χ4v) is 2.68. The number of ether oxygens (including phenoxy) is 1. The van der Waals surface area contributed by atoms with Crippen molar-refractivity contribution in [2.75, 3.05) is 5.32 Å². The number of hydrogen-bond acceptors (Lipinski definition) is 5. The van der Waals surface area contributed by atoms with Gasteiger partial charge in [0.05, 0.1) is 16.9 Å². The summed E-state index contributed by atoms with van der Waals surface area (Å²) >= 11 is 0. The first-order valence-corrected chi connectivity index (χ1v) is 8.51. The van der Waals surface area contributed by atoms with Gasteiger partial charge in [0.25, 0.3) is 5.91 Å². The third kappa shape index (κ3) is 4.23. The number of benzene rings is 2. The molecule has 0 saturated heterocycles. The van der Waals surface area contributed by atoms with E-state index in [0.29, 0.717) is 34.9 Å². The monoisotopic (exact) mass is 364 g/mol. The summed E-state index contributed by atoms with van der Waals surface area (Å²) in [6, 6.07) is 13.8. The molecule has 27 heavy (non-hydrogen) atoms. The number of carbonyl (C=O) groups is 2. The molecule has 0 aliphatic rings. The lowest BCUT2D eigenvalue weighted by Gasteiger charge is -2.10. The highest BCUT2D eigenvalue weighted by Crippen LogP contribution is 2.20. The lowest BCUT2D eigenvalue weighted by atomic mass is 10.1. The van der Waals surface area contributed by atoms with E-state index in [9.17, 15) is 9.59 Å². The number of nitrogens with one attached hydrogen (secondary N) is 1. The number of nitrogens with zero attached hydrogens (tertiary/aromatic N) is 1. The van der Waals surface area contributed by atoms with Crippen LogP contribution in [-0.4, -0.2) is 16.8 Å². The molecule has 6 nitrogen and oxygen atoms in total. The molecule has 0 unspecified atom stereocenters. The van der Waals surface area contributed by atoms with Gasteiger partial charge in [-0.05, 0) is 51.1 Å². The number of aromatic nitrogens is 1. The number of rotatable bonds is 6. The topological polar surface area (TPSA) is 81.4 Å². The fraction of sp³-hybridized carbons (Fsp3) is 0.190. The molecule has 1 N–H and O–H groups in total. The van der Waals surface area contributed by atoms with Gasteiger partial charge >= 0.3 is 0 Å². The first-order valence-electron chi connectivity index (χ1n) is 8.51. The van der Waals surface area contributed by atoms with E-state index in [1.54, 1.807) is 48.5 Å². The molecule has 0 saturated carbocycles. The van der Waals surface area contributed by atoms with Crippen molar-refractivity contribution in [1.82, 2.24) is 5.16 Å². The van der Waals surface area contributed by atoms with Crippen LogP contribution in [0.2, 0.25) is 0 Å². The normalized spacial score (nSPS) is 10.5. The average molecular weight is 364 g/mol. The Morgan fingerprint density at radius 2 is 1.89 bits per heavy atom. The molecule has 2 aromatic carbocycles. The van der Waals surface area contributed by atoms with Crippen LogP contribution in [-0.2, 0) is 6.61 Å². The highest BCUT2D eigenvalue weighted by atomic mass is 16.5. The average Bonchev–Trinajstić information content (AvgIpc) is 2.98. The van der Waals surface area contributed by atoms with Crippen molar-refractivity contribution in [2.45, 2.75) is 27.4 Å². The Kier molecular flexibility index (Phi) is 5.35. The molecule has 0 aliphatic carbocycles. The fourth-order valence-electron chi connectivity index (χ4n) is 2.68. The van der Waals surface area contributed by atoms with Crippen LogP contribution in [0.15, 0.2) is 53.1 Å². The Balaban J connectivity index is 1.73. The number of para-hydroxylation sites is 1. The van der Waals surface area contributed by atoms with Crippen molar-refractivity contribution in [1.29, 1.82) is 0 Å². The smallest absolute Gasteiger partial charge is 0.255 e. The highest BCUT2D eigenvalue weighted by Gasteiger charge is 2.13. The summed E-state index contributed by atoms with van der Waals surface area (Å²) in [7, 11) is 0. The molecule has 0 aliphatic heterocycles. The molecule has 0 radical (unpaired) electrons. The number of aryl methyl sites for hydroxylation is 2. The molecular weight excluding hydrogens is 344 g/mol. The molecule has 6 heteroatoms. The minimum atomic E-state index is -0.313. The van der Waals surface area contributed by atoms with E-state index in [1.807, 2.05) is 13.8 Å². The van der Waals surface area contributed by atoms with Gasteiger partial charge in [0.1, 0.15) is 18.1 Å². The summed E-state index contributed by atoms with van der Waals surface area (Å²) in [5.41, 5.74) is 3.06. The number of anilines is 1. The van der Waals surface area contributed by atoms with Crippen LogP contribution in [0.4, 0.5) is 5.69 Å². The molecular formula is C21H20N2O4. The maximum absolute atomic E-state index is 12.6. The third-order valence-corrected chi connectivity index (χ3v) is 4.22. The summed E-state index contributed by atoms with van der Waals surface area (Å²) in [5, 5.41) is 6.68. The van der Waals surface area contributed by atoms with Crippen LogP contribution in [0.5, 0.6) is 5.75 Å². The van der Waals surface area contributed by atoms with Crippen LogP contribution < -0.4 is 10.1 Å². The van der Waals surface area contributed by atoms with Gasteiger partial charge in [-0.25, -0.2) is 0 Å². The van der Waals surface area contributed by atoms with Crippen LogP contribution in [0.1, 0.15) is 44.7 Å². The van der Waals surface area contributed by atoms with E-state index in [-0.39, 0.29) is 11.7 Å². The maximum atomic E-state index is 12.6. The molecule has 1 amide bonds. The van der Waals surface area contributed by atoms with E-state index < -0.39 is 0 Å². The van der Waals surface area contributed by atoms with E-state index in [0.717, 1.165) is 11.3 Å². The SMILES string of the molecule is CC(=O)c1ccccc1NC(=O)c1cccc(OCc2c(C)noc2C)c1. The zero-order valence-electron chi connectivity index (χ0n) is 15.4. The maximum Gasteiger partial charge on any atom is 0.255 e. The Bertz CT molecular complexity index is 972. The Hall–Kier alpha value is -3.41. The number of carbonyl (C=O) groups excluding carboxylic acids is 2. The minimum Gasteiger partial charge on any atom is -0.489 e. The molecule has 3 rings (SSSR count). The number of ketones is 1. The predicted molar refractivity (Wildman–Crippen MR) is 101 cm³/mol. The van der Waals surface area contributed by atoms with Gasteiger partial charge in [-0.3, -0.25) is 9.59 Å². The first kappa shape index (κ1) is 18.4. The van der Waals surface area contributed by atoms with Crippen LogP contribution in [0, 0.1) is 13.8 Å². The van der Waals surface area contributed by atoms with E-state index >= 15 is 0 Å². The Labute approximate surface area is 157 Å². The molecule has 0 fully saturated rings. The number of Topliss-reactive ketones (excluding diaryl/α,β-unsaturated/α-hetero) is 1. The zero-order valence-corrected chi connectivity index (χ0v) is 15.4. The van der Waals surface area contributed by atoms with Gasteiger partial charge in [-0.15, -0.1) is 0 Å². The lowest BCUT2D eigenvalue weighted by molar-refractivity contribution is 0.101. The van der Waals surface area contributed by atoms with Crippen molar-refractivity contribution < 1.29 is 18.8 Å². The number of hydrogen-bond donors (Lipinski definition) is 1. The van der Waals surface area contributed by atoms with Crippen LogP contribution in [0.25, 0.3) is 0 Å². The van der Waals surface area contributed by atoms with Gasteiger partial charge < -0.3 is 14.6 Å². The molecule has 138 valence electrons. The summed E-state index contributed by atoms with van der Waals surface area (Å²) in [5.74, 6) is 0.846. The standard InChI is InChI=1S/C21H20N2O4/c1-13-19(15(3)27-23-13)12-26-17-8-6-7-16(11-17)21(25)22-20-10-5-4-9-18(20)14(2)24/h4-11H,12H2,1-3H3,(H,22,25). The summed E-state index contributed by atoms with van der Waals surface area (Å²) in [6.07, 6.45) is 0. The van der Waals surface area contributed by atoms with E-state index in [1.165, 1.54) is 6.92 Å². The van der Waals surface area contributed by atoms with Crippen molar-refractivity contribution in [3.8, 4) is 5.75 Å². The van der Waals surface area contributed by atoms with Crippen LogP contribution in [0.3, 0.4) is 0 Å². The van der Waals surface area contributed by atoms with Crippen molar-refractivity contribution in [2.24, 2.45) is 0 Å². The van der Waals surface area contributed by atoms with Gasteiger partial charge in [-0.1, -0.05) is 23.4 Å². The Morgan fingerprint density at radius 1 is 1.11 bits per heavy atom. The van der Waals surface area contributed by atoms with Gasteiger partial charge in [0.15, 0.2) is 5.78 Å². The van der Waals surface area contributed by atoms with Gasteiger partial charge in [0.2, 0.25) is 0 Å². The number of amides is 1. The molecule has 0 spiro atoms. The van der Waals surface area contributed by atoms with Crippen molar-refractivity contribution in [3.63, 3.8) is 0 Å². The molecule has 1 heterocycles. The first-order chi connectivity index (χ1) is 13.0. The Morgan fingerprint density at radius 3 is 2.59 bits per heavy atom. The largest absolute Gasteiger partial charge is 0.489 e. The third-order valence-electron chi connectivity index (χ3n) is 4.22. The molecule has 0 atom stereocenters. The second kappa shape index (κ2) is 7.86. The molecule has 0 bridgehead atoms. The predicted octanol–water partition coefficient (Wildman–Crippen LogP) is 4.33. The second-order valence-corrected chi connectivity index (χ2v) is 6.18. The lowest BCUT2D eigenvalue weighted by Crippen LogP contribution is -2.14. The molecule has 3 aromatic rings. The van der Waals surface area contributed by atoms with Gasteiger partial charge in [-0.2, -0.15) is 0 Å². The quantitative estimate of drug-likeness (QED) is 0.659. The summed E-state index contributed by atoms with van der Waals surface area (Å²) < 4.78 is 10.9. The van der Waals surface area contributed by atoms with Crippen LogP contribution >= 0.6 is 0 Å². The highest BCUT2D eigenvalue weighted by molar-refractivity contribution is 6.09. The van der Waals surface area contributed by atoms with Crippen molar-refractivity contribution in [3.05, 3.63) is 76.7 Å². The van der Waals surface area contributed by atoms with Crippen molar-refractivity contribution >= 4 is 17.4 Å². The van der Waals surface area contributed by atoms with E-state index in [2.05, 4.69) is 10.5 Å².